The molecule has 0 saturated heterocycles. The van der Waals surface area contributed by atoms with Gasteiger partial charge in [0, 0.05) is 8.07 Å². The second-order valence-electron chi connectivity index (χ2n) is 5.67. The number of hydrogen-bond donors (Lipinski definition) is 1. The van der Waals surface area contributed by atoms with Crippen molar-refractivity contribution < 1.29 is 17.9 Å². The van der Waals surface area contributed by atoms with Gasteiger partial charge in [0.25, 0.3) is 5.90 Å². The minimum atomic E-state index is -4.71. The van der Waals surface area contributed by atoms with Gasteiger partial charge in [-0.3, -0.25) is 5.41 Å². The fourth-order valence-corrected chi connectivity index (χ4v) is 3.06. The Morgan fingerprint density at radius 1 is 1.11 bits per heavy atom. The first-order valence-corrected chi connectivity index (χ1v) is 9.65. The Kier molecular flexibility index (Phi) is 4.79. The van der Waals surface area contributed by atoms with Crippen molar-refractivity contribution in [2.45, 2.75) is 38.5 Å². The summed E-state index contributed by atoms with van der Waals surface area (Å²) in [6.07, 6.45) is -4.71. The summed E-state index contributed by atoms with van der Waals surface area (Å²) in [6.45, 7) is 6.55. The van der Waals surface area contributed by atoms with Crippen LogP contribution in [0.25, 0.3) is 0 Å². The fourth-order valence-electron chi connectivity index (χ4n) is 1.60. The van der Waals surface area contributed by atoms with Gasteiger partial charge in [-0.2, -0.15) is 13.2 Å². The van der Waals surface area contributed by atoms with E-state index in [1.165, 1.54) is 5.56 Å². The van der Waals surface area contributed by atoms with E-state index in [9.17, 15) is 13.2 Å². The number of benzene rings is 1. The smallest absolute Gasteiger partial charge is 0.467 e. The molecule has 0 fully saturated rings. The quantitative estimate of drug-likeness (QED) is 0.504. The number of hydrogen-bond acceptors (Lipinski definition) is 2. The van der Waals surface area contributed by atoms with E-state index in [0.29, 0.717) is 5.56 Å². The third-order valence-corrected chi connectivity index (χ3v) is 3.87. The maximum atomic E-state index is 12.1. The van der Waals surface area contributed by atoms with Crippen molar-refractivity contribution in [2.75, 3.05) is 0 Å². The van der Waals surface area contributed by atoms with Gasteiger partial charge in [0.15, 0.2) is 0 Å². The third kappa shape index (κ3) is 5.91. The molecule has 0 spiro atoms. The molecule has 1 rings (SSSR count). The number of nitrogens with one attached hydrogen (secondary N) is 1. The Bertz CT molecular complexity index is 435. The predicted molar refractivity (Wildman–Crippen MR) is 72.1 cm³/mol. The molecule has 0 radical (unpaired) electrons. The summed E-state index contributed by atoms with van der Waals surface area (Å²) in [5, 5.41) is 6.71. The zero-order valence-corrected chi connectivity index (χ0v) is 12.3. The minimum absolute atomic E-state index is 0.231. The van der Waals surface area contributed by atoms with Crippen LogP contribution in [-0.2, 0) is 17.4 Å². The molecule has 0 aliphatic carbocycles. The van der Waals surface area contributed by atoms with E-state index in [2.05, 4.69) is 24.4 Å². The first kappa shape index (κ1) is 15.8. The molecule has 0 aromatic heterocycles. The molecule has 0 heterocycles. The summed E-state index contributed by atoms with van der Waals surface area (Å²) in [4.78, 5) is 0. The van der Waals surface area contributed by atoms with E-state index >= 15 is 0 Å². The molecule has 19 heavy (non-hydrogen) atoms. The van der Waals surface area contributed by atoms with Crippen LogP contribution in [0.3, 0.4) is 0 Å². The number of rotatable bonds is 4. The molecule has 1 N–H and O–H groups in total. The van der Waals surface area contributed by atoms with Gasteiger partial charge < -0.3 is 4.74 Å². The molecule has 0 unspecified atom stereocenters. The molecule has 6 heteroatoms. The van der Waals surface area contributed by atoms with Crippen LogP contribution in [0.5, 0.6) is 0 Å². The lowest BCUT2D eigenvalue weighted by atomic mass is 10.2. The standard InChI is InChI=1S/C13H18F3NOSi/c1-19(2,3)9-11-6-4-10(5-7-11)8-18-12(17)13(14,15)16/h4-7,17H,8-9H2,1-3H3. The van der Waals surface area contributed by atoms with Gasteiger partial charge in [0.1, 0.15) is 6.61 Å². The summed E-state index contributed by atoms with van der Waals surface area (Å²) in [5.74, 6) is -1.65. The molecular weight excluding hydrogens is 271 g/mol. The van der Waals surface area contributed by atoms with Crippen LogP contribution < -0.4 is 0 Å². The van der Waals surface area contributed by atoms with Crippen molar-refractivity contribution in [3.8, 4) is 0 Å². The van der Waals surface area contributed by atoms with Crippen LogP contribution >= 0.6 is 0 Å². The van der Waals surface area contributed by atoms with E-state index in [0.717, 1.165) is 6.04 Å². The van der Waals surface area contributed by atoms with Crippen molar-refractivity contribution in [3.05, 3.63) is 35.4 Å². The zero-order valence-electron chi connectivity index (χ0n) is 11.3. The second kappa shape index (κ2) is 5.77. The third-order valence-electron chi connectivity index (χ3n) is 2.40. The zero-order chi connectivity index (χ0) is 14.7. The van der Waals surface area contributed by atoms with Crippen LogP contribution in [0, 0.1) is 5.41 Å². The number of ether oxygens (including phenoxy) is 1. The van der Waals surface area contributed by atoms with E-state index in [1.807, 2.05) is 12.1 Å². The van der Waals surface area contributed by atoms with Crippen LogP contribution in [0.2, 0.25) is 19.6 Å². The summed E-state index contributed by atoms with van der Waals surface area (Å²) in [7, 11) is -1.19. The lowest BCUT2D eigenvalue weighted by Crippen LogP contribution is -2.24. The predicted octanol–water partition coefficient (Wildman–Crippen LogP) is 4.16. The molecule has 0 aliphatic rings. The Balaban J connectivity index is 2.56. The number of alkyl halides is 3. The highest BCUT2D eigenvalue weighted by Gasteiger charge is 2.36. The maximum absolute atomic E-state index is 12.1. The summed E-state index contributed by atoms with van der Waals surface area (Å²) < 4.78 is 40.6. The first-order valence-electron chi connectivity index (χ1n) is 5.94. The van der Waals surface area contributed by atoms with Crippen molar-refractivity contribution in [1.82, 2.24) is 0 Å². The van der Waals surface area contributed by atoms with Crippen LogP contribution in [-0.4, -0.2) is 20.1 Å². The monoisotopic (exact) mass is 289 g/mol. The van der Waals surface area contributed by atoms with Crippen LogP contribution in [0.4, 0.5) is 13.2 Å². The van der Waals surface area contributed by atoms with Crippen molar-refractivity contribution in [2.24, 2.45) is 0 Å². The van der Waals surface area contributed by atoms with Crippen molar-refractivity contribution in [3.63, 3.8) is 0 Å². The topological polar surface area (TPSA) is 33.1 Å². The van der Waals surface area contributed by atoms with Crippen LogP contribution in [0.15, 0.2) is 24.3 Å². The Morgan fingerprint density at radius 2 is 1.58 bits per heavy atom. The lowest BCUT2D eigenvalue weighted by molar-refractivity contribution is -0.0804. The Hall–Kier alpha value is -1.30. The van der Waals surface area contributed by atoms with Gasteiger partial charge in [-0.25, -0.2) is 0 Å². The van der Waals surface area contributed by atoms with Gasteiger partial charge in [-0.15, -0.1) is 0 Å². The van der Waals surface area contributed by atoms with Gasteiger partial charge in [-0.1, -0.05) is 49.5 Å². The van der Waals surface area contributed by atoms with E-state index in [4.69, 9.17) is 5.41 Å². The summed E-state index contributed by atoms with van der Waals surface area (Å²) in [5.41, 5.74) is 1.82. The van der Waals surface area contributed by atoms with E-state index < -0.39 is 20.1 Å². The van der Waals surface area contributed by atoms with Crippen molar-refractivity contribution in [1.29, 1.82) is 5.41 Å². The van der Waals surface area contributed by atoms with Gasteiger partial charge >= 0.3 is 6.18 Å². The molecule has 106 valence electrons. The van der Waals surface area contributed by atoms with Crippen molar-refractivity contribution >= 4 is 14.0 Å². The van der Waals surface area contributed by atoms with E-state index in [-0.39, 0.29) is 6.61 Å². The largest absolute Gasteiger partial charge is 0.470 e. The molecule has 0 aliphatic heterocycles. The maximum Gasteiger partial charge on any atom is 0.467 e. The summed E-state index contributed by atoms with van der Waals surface area (Å²) in [6, 6.07) is 8.35. The van der Waals surface area contributed by atoms with Gasteiger partial charge in [-0.05, 0) is 11.6 Å². The number of halogens is 3. The van der Waals surface area contributed by atoms with Crippen LogP contribution in [0.1, 0.15) is 11.1 Å². The Labute approximate surface area is 112 Å². The minimum Gasteiger partial charge on any atom is -0.470 e. The molecule has 0 atom stereocenters. The first-order chi connectivity index (χ1) is 8.58. The Morgan fingerprint density at radius 3 is 2.00 bits per heavy atom. The second-order valence-corrected chi connectivity index (χ2v) is 11.1. The normalized spacial score (nSPS) is 12.3. The summed E-state index contributed by atoms with van der Waals surface area (Å²) >= 11 is 0. The molecule has 1 aromatic rings. The highest BCUT2D eigenvalue weighted by Crippen LogP contribution is 2.18. The van der Waals surface area contributed by atoms with Gasteiger partial charge in [0.2, 0.25) is 0 Å². The highest BCUT2D eigenvalue weighted by atomic mass is 28.3. The lowest BCUT2D eigenvalue weighted by Gasteiger charge is -2.16. The molecule has 0 saturated carbocycles. The molecular formula is C13H18F3NOSi. The highest BCUT2D eigenvalue weighted by molar-refractivity contribution is 6.75. The van der Waals surface area contributed by atoms with E-state index in [1.54, 1.807) is 12.1 Å². The van der Waals surface area contributed by atoms with Gasteiger partial charge in [0.05, 0.1) is 0 Å². The molecule has 0 bridgehead atoms. The molecule has 1 aromatic carbocycles. The average Bonchev–Trinajstić information content (AvgIpc) is 2.24. The average molecular weight is 289 g/mol. The fraction of sp³-hybridized carbons (Fsp3) is 0.462. The molecule has 0 amide bonds. The molecule has 2 nitrogen and oxygen atoms in total. The SMILES string of the molecule is C[Si](C)(C)Cc1ccc(COC(=N)C(F)(F)F)cc1.